The van der Waals surface area contributed by atoms with Crippen LogP contribution in [0, 0.1) is 17.8 Å². The molecule has 3 aromatic carbocycles. The lowest BCUT2D eigenvalue weighted by molar-refractivity contribution is -0.256. The van der Waals surface area contributed by atoms with Gasteiger partial charge in [-0.25, -0.2) is 9.59 Å². The number of aliphatic hydroxyl groups is 2. The molecule has 3 N–H and O–H groups in total. The number of benzene rings is 3. The quantitative estimate of drug-likeness (QED) is 0.0268. The highest BCUT2D eigenvalue weighted by molar-refractivity contribution is 6.18. The number of fused-ring (bicyclic) bond motifs is 3. The number of nitrogens with one attached hydrogen (secondary N) is 1. The maximum Gasteiger partial charge on any atom is 0.412 e. The first-order valence-corrected chi connectivity index (χ1v) is 25.9. The summed E-state index contributed by atoms with van der Waals surface area (Å²) in [6, 6.07) is 18.8. The Hall–Kier alpha value is -4.62. The van der Waals surface area contributed by atoms with Gasteiger partial charge in [-0.15, -0.1) is 18.2 Å². The number of halogens is 1. The predicted octanol–water partition coefficient (Wildman–Crippen LogP) is 12.0. The summed E-state index contributed by atoms with van der Waals surface area (Å²) in [6.45, 7) is 7.23. The molecule has 13 heteroatoms. The number of hydrogen-bond donors (Lipinski definition) is 3. The van der Waals surface area contributed by atoms with Gasteiger partial charge < -0.3 is 39.3 Å². The normalized spacial score (nSPS) is 22.1. The van der Waals surface area contributed by atoms with E-state index in [0.29, 0.717) is 36.6 Å². The SMILES string of the molecule is C=CCO[C@@]12Oc3ccc(OC(=O)NCCCCCCCCCCCC)cc3[C@H]3[C@H](CCCCO)[C@@H](CCCCO)C=C(C(=NOC)C[C@@H]1N(Cc1cccc4ccccc14)C(=O)OCCCl)[C@H]32. The average Bonchev–Trinajstić information content (AvgIpc) is 3.35. The first-order chi connectivity index (χ1) is 33.3. The van der Waals surface area contributed by atoms with Crippen LogP contribution in [0.5, 0.6) is 11.5 Å². The summed E-state index contributed by atoms with van der Waals surface area (Å²) in [6.07, 6.45) is 19.6. The summed E-state index contributed by atoms with van der Waals surface area (Å²) in [4.78, 5) is 35.4. The fourth-order valence-electron chi connectivity index (χ4n) is 10.9. The second-order valence-corrected chi connectivity index (χ2v) is 18.9. The van der Waals surface area contributed by atoms with Gasteiger partial charge in [0.2, 0.25) is 5.79 Å². The van der Waals surface area contributed by atoms with Gasteiger partial charge in [0.15, 0.2) is 0 Å². The van der Waals surface area contributed by atoms with Gasteiger partial charge >= 0.3 is 12.2 Å². The molecule has 0 spiro atoms. The number of allylic oxidation sites excluding steroid dienone is 1. The van der Waals surface area contributed by atoms with Crippen molar-refractivity contribution < 1.29 is 43.6 Å². The number of ether oxygens (including phenoxy) is 4. The summed E-state index contributed by atoms with van der Waals surface area (Å²) < 4.78 is 26.4. The minimum absolute atomic E-state index is 0.00235. The Bertz CT molecular complexity index is 2130. The topological polar surface area (TPSA) is 148 Å². The molecular weight excluding hydrogens is 882 g/mol. The van der Waals surface area contributed by atoms with E-state index in [-0.39, 0.29) is 63.0 Å². The highest BCUT2D eigenvalue weighted by Crippen LogP contribution is 2.62. The van der Waals surface area contributed by atoms with E-state index in [9.17, 15) is 19.8 Å². The number of unbranched alkanes of at least 4 members (excludes halogenated alkanes) is 11. The van der Waals surface area contributed by atoms with Crippen LogP contribution >= 0.6 is 11.6 Å². The molecule has 1 aliphatic heterocycles. The van der Waals surface area contributed by atoms with E-state index in [1.54, 1.807) is 17.0 Å². The maximum atomic E-state index is 14.7. The van der Waals surface area contributed by atoms with Gasteiger partial charge in [-0.05, 0) is 84.0 Å². The highest BCUT2D eigenvalue weighted by atomic mass is 35.5. The van der Waals surface area contributed by atoms with E-state index >= 15 is 0 Å². The lowest BCUT2D eigenvalue weighted by Gasteiger charge is -2.59. The van der Waals surface area contributed by atoms with E-state index < -0.39 is 29.9 Å². The molecule has 1 heterocycles. The summed E-state index contributed by atoms with van der Waals surface area (Å²) in [7, 11) is 1.52. The highest BCUT2D eigenvalue weighted by Gasteiger charge is 2.65. The zero-order valence-corrected chi connectivity index (χ0v) is 41.3. The first-order valence-electron chi connectivity index (χ1n) is 25.4. The van der Waals surface area contributed by atoms with E-state index in [2.05, 4.69) is 24.9 Å². The van der Waals surface area contributed by atoms with Crippen LogP contribution in [-0.4, -0.2) is 90.8 Å². The molecule has 68 heavy (non-hydrogen) atoms. The molecule has 3 aromatic rings. The van der Waals surface area contributed by atoms with Crippen LogP contribution in [0.25, 0.3) is 10.8 Å². The van der Waals surface area contributed by atoms with E-state index in [4.69, 9.17) is 40.5 Å². The lowest BCUT2D eigenvalue weighted by Crippen LogP contribution is -2.70. The molecule has 2 amide bonds. The summed E-state index contributed by atoms with van der Waals surface area (Å²) >= 11 is 6.14. The van der Waals surface area contributed by atoms with Crippen molar-refractivity contribution in [3.8, 4) is 11.5 Å². The summed E-state index contributed by atoms with van der Waals surface area (Å²) in [5.74, 6) is -1.29. The van der Waals surface area contributed by atoms with Crippen molar-refractivity contribution in [3.05, 3.63) is 96.1 Å². The zero-order valence-electron chi connectivity index (χ0n) is 40.5. The van der Waals surface area contributed by atoms with Crippen molar-refractivity contribution in [2.75, 3.05) is 46.0 Å². The second kappa shape index (κ2) is 27.5. The van der Waals surface area contributed by atoms with Crippen LogP contribution in [0.15, 0.2) is 90.1 Å². The predicted molar refractivity (Wildman–Crippen MR) is 269 cm³/mol. The largest absolute Gasteiger partial charge is 0.459 e. The van der Waals surface area contributed by atoms with Gasteiger partial charge in [0.05, 0.1) is 30.7 Å². The van der Waals surface area contributed by atoms with Gasteiger partial charge in [-0.1, -0.05) is 137 Å². The molecule has 3 aliphatic rings. The number of carbonyl (C=O) groups excluding carboxylic acids is 2. The number of nitrogens with zero attached hydrogens (tertiary/aromatic N) is 2. The number of amides is 2. The first kappa shape index (κ1) is 52.7. The molecule has 0 bridgehead atoms. The smallest absolute Gasteiger partial charge is 0.412 e. The van der Waals surface area contributed by atoms with E-state index in [1.165, 1.54) is 52.1 Å². The van der Waals surface area contributed by atoms with E-state index in [0.717, 1.165) is 72.4 Å². The van der Waals surface area contributed by atoms with Crippen molar-refractivity contribution in [3.63, 3.8) is 0 Å². The van der Waals surface area contributed by atoms with Gasteiger partial charge in [0.1, 0.15) is 31.3 Å². The van der Waals surface area contributed by atoms with E-state index in [1.807, 2.05) is 54.6 Å². The van der Waals surface area contributed by atoms with Crippen molar-refractivity contribution in [1.29, 1.82) is 0 Å². The number of aliphatic hydroxyl groups excluding tert-OH is 2. The average molecular weight is 959 g/mol. The molecule has 1 saturated carbocycles. The Morgan fingerprint density at radius 2 is 1.65 bits per heavy atom. The second-order valence-electron chi connectivity index (χ2n) is 18.5. The molecule has 6 rings (SSSR count). The summed E-state index contributed by atoms with van der Waals surface area (Å²) in [5, 5.41) is 29.6. The maximum absolute atomic E-state index is 14.7. The molecule has 12 nitrogen and oxygen atoms in total. The third-order valence-electron chi connectivity index (χ3n) is 14.0. The van der Waals surface area contributed by atoms with Crippen LogP contribution in [0.2, 0.25) is 0 Å². The molecule has 1 fully saturated rings. The van der Waals surface area contributed by atoms with Crippen LogP contribution < -0.4 is 14.8 Å². The zero-order chi connectivity index (χ0) is 48.1. The Morgan fingerprint density at radius 3 is 2.37 bits per heavy atom. The van der Waals surface area contributed by atoms with Crippen molar-refractivity contribution in [2.45, 2.75) is 140 Å². The van der Waals surface area contributed by atoms with Crippen molar-refractivity contribution in [2.24, 2.45) is 22.9 Å². The van der Waals surface area contributed by atoms with Crippen LogP contribution in [0.4, 0.5) is 9.59 Å². The van der Waals surface area contributed by atoms with Gasteiger partial charge in [-0.3, -0.25) is 4.90 Å². The van der Waals surface area contributed by atoms with Crippen molar-refractivity contribution in [1.82, 2.24) is 10.2 Å². The molecule has 372 valence electrons. The third-order valence-corrected chi connectivity index (χ3v) is 14.1. The third kappa shape index (κ3) is 13.4. The monoisotopic (exact) mass is 958 g/mol. The van der Waals surface area contributed by atoms with Gasteiger partial charge in [0, 0.05) is 37.7 Å². The molecular formula is C55H76ClN3O9. The fraction of sp³-hybridized carbons (Fsp3) is 0.582. The number of alkyl halides is 1. The number of hydrogen-bond acceptors (Lipinski definition) is 10. The Labute approximate surface area is 409 Å². The van der Waals surface area contributed by atoms with Gasteiger partial charge in [-0.2, -0.15) is 0 Å². The number of rotatable bonds is 29. The number of oxime groups is 1. The van der Waals surface area contributed by atoms with Crippen molar-refractivity contribution >= 4 is 40.3 Å². The van der Waals surface area contributed by atoms with Gasteiger partial charge in [0.25, 0.3) is 0 Å². The molecule has 0 radical (unpaired) electrons. The minimum Gasteiger partial charge on any atom is -0.459 e. The molecule has 0 unspecified atom stereocenters. The Kier molecular flexibility index (Phi) is 21.4. The minimum atomic E-state index is -1.50. The molecule has 0 saturated heterocycles. The van der Waals surface area contributed by atoms with Crippen LogP contribution in [0.1, 0.15) is 133 Å². The summed E-state index contributed by atoms with van der Waals surface area (Å²) in [5.41, 5.74) is 3.31. The van der Waals surface area contributed by atoms with Crippen LogP contribution in [-0.2, 0) is 20.9 Å². The van der Waals surface area contributed by atoms with Crippen LogP contribution in [0.3, 0.4) is 0 Å². The fourth-order valence-corrected chi connectivity index (χ4v) is 11.0. The molecule has 6 atom stereocenters. The Morgan fingerprint density at radius 1 is 0.926 bits per heavy atom. The lowest BCUT2D eigenvalue weighted by atomic mass is 9.55. The Balaban J connectivity index is 1.40. The molecule has 2 aliphatic carbocycles. The molecule has 0 aromatic heterocycles. The standard InChI is InChI=1S/C55H76ClN3O9/c1-4-6-7-8-9-10-11-12-13-18-31-57-53(62)67-43-28-29-49-47(37-43)51-45(27-17-20-33-61)41(23-16-19-32-60)36-46-48(58-64-3)38-50(55(68-49,52(46)51)66-34-5-2)59(54(63)65-35-30-56)39-42-25-21-24-40-22-14-15-26-44(40)42/h5,14-15,21-22,24-26,28-29,36-37,41,45,50-52,60-61H,2,4,6-13,16-20,23,27,30-35,38-39H2,1,3H3,(H,57,62)/t41-,45+,50-,51+,52+,55+/m0/s1. The number of carbonyl (C=O) groups is 2.